The minimum atomic E-state index is 1.31. The molecule has 0 aliphatic carbocycles. The van der Waals surface area contributed by atoms with Crippen molar-refractivity contribution >= 4 is 21.5 Å². The second-order valence-electron chi connectivity index (χ2n) is 7.86. The van der Waals surface area contributed by atoms with Crippen molar-refractivity contribution in [3.63, 3.8) is 0 Å². The molecular weight excluding hydrogens is 360 g/mol. The van der Waals surface area contributed by atoms with Crippen LogP contribution in [0.15, 0.2) is 109 Å². The van der Waals surface area contributed by atoms with Crippen molar-refractivity contribution in [3.8, 4) is 0 Å². The lowest BCUT2D eigenvalue weighted by Crippen LogP contribution is -1.74. The van der Waals surface area contributed by atoms with Gasteiger partial charge in [-0.3, -0.25) is 0 Å². The average Bonchev–Trinajstić information content (AvgIpc) is 2.77. The van der Waals surface area contributed by atoms with Crippen LogP contribution in [0.2, 0.25) is 0 Å². The fourth-order valence-electron chi connectivity index (χ4n) is 3.16. The Morgan fingerprint density at radius 1 is 0.300 bits per heavy atom. The second-order valence-corrected chi connectivity index (χ2v) is 7.86. The number of fused-ring (bicyclic) bond motifs is 2. The Morgan fingerprint density at radius 2 is 0.500 bits per heavy atom. The lowest BCUT2D eigenvalue weighted by atomic mass is 10.0. The molecule has 0 heteroatoms. The van der Waals surface area contributed by atoms with Crippen LogP contribution in [0.3, 0.4) is 0 Å². The summed E-state index contributed by atoms with van der Waals surface area (Å²) in [6.45, 7) is 8.39. The SMILES string of the molecule is Cc1ccc(C)cc1.Cc1ccc(C)cc1.c1ccc2cc3ccccc3cc2c1. The first-order valence-electron chi connectivity index (χ1n) is 10.5. The zero-order chi connectivity index (χ0) is 21.3. The summed E-state index contributed by atoms with van der Waals surface area (Å²) in [7, 11) is 0. The standard InChI is InChI=1S/C14H10.2C8H10/c1-2-6-12-10-14-8-4-3-7-13(14)9-11(12)5-1;2*1-7-3-5-8(2)6-4-7/h1-10H;2*3-6H,1-2H3. The van der Waals surface area contributed by atoms with Gasteiger partial charge in [0.25, 0.3) is 0 Å². The number of hydrogen-bond acceptors (Lipinski definition) is 0. The summed E-state index contributed by atoms with van der Waals surface area (Å²) in [6.07, 6.45) is 0. The molecule has 30 heavy (non-hydrogen) atoms. The van der Waals surface area contributed by atoms with Crippen LogP contribution in [0.25, 0.3) is 21.5 Å². The van der Waals surface area contributed by atoms with E-state index in [2.05, 4.69) is 137 Å². The fraction of sp³-hybridized carbons (Fsp3) is 0.133. The van der Waals surface area contributed by atoms with Gasteiger partial charge in [-0.1, -0.05) is 119 Å². The van der Waals surface area contributed by atoms with Crippen molar-refractivity contribution in [1.29, 1.82) is 0 Å². The lowest BCUT2D eigenvalue weighted by molar-refractivity contribution is 1.40. The van der Waals surface area contributed by atoms with E-state index >= 15 is 0 Å². The number of rotatable bonds is 0. The van der Waals surface area contributed by atoms with Gasteiger partial charge in [0.05, 0.1) is 0 Å². The van der Waals surface area contributed by atoms with Gasteiger partial charge in [0.15, 0.2) is 0 Å². The Labute approximate surface area is 180 Å². The highest BCUT2D eigenvalue weighted by Crippen LogP contribution is 2.22. The van der Waals surface area contributed by atoms with Gasteiger partial charge < -0.3 is 0 Å². The van der Waals surface area contributed by atoms with Gasteiger partial charge in [-0.15, -0.1) is 0 Å². The van der Waals surface area contributed by atoms with Crippen LogP contribution < -0.4 is 0 Å². The Morgan fingerprint density at radius 3 is 0.700 bits per heavy atom. The maximum atomic E-state index is 2.24. The number of hydrogen-bond donors (Lipinski definition) is 0. The van der Waals surface area contributed by atoms with Gasteiger partial charge >= 0.3 is 0 Å². The van der Waals surface area contributed by atoms with E-state index in [-0.39, 0.29) is 0 Å². The second kappa shape index (κ2) is 10.4. The molecule has 0 heterocycles. The van der Waals surface area contributed by atoms with Crippen molar-refractivity contribution in [2.45, 2.75) is 27.7 Å². The molecule has 0 N–H and O–H groups in total. The van der Waals surface area contributed by atoms with Gasteiger partial charge in [0.1, 0.15) is 0 Å². The van der Waals surface area contributed by atoms with E-state index in [1.165, 1.54) is 43.8 Å². The monoisotopic (exact) mass is 390 g/mol. The van der Waals surface area contributed by atoms with Crippen molar-refractivity contribution in [2.24, 2.45) is 0 Å². The summed E-state index contributed by atoms with van der Waals surface area (Å²) in [4.78, 5) is 0. The van der Waals surface area contributed by atoms with Crippen molar-refractivity contribution in [2.75, 3.05) is 0 Å². The largest absolute Gasteiger partial charge is 0.0616 e. The predicted molar refractivity (Wildman–Crippen MR) is 133 cm³/mol. The van der Waals surface area contributed by atoms with E-state index in [1.54, 1.807) is 0 Å². The number of aryl methyl sites for hydroxylation is 4. The minimum absolute atomic E-state index is 1.31. The highest BCUT2D eigenvalue weighted by Gasteiger charge is 1.95. The average molecular weight is 391 g/mol. The van der Waals surface area contributed by atoms with Crippen LogP contribution in [0.4, 0.5) is 0 Å². The summed E-state index contributed by atoms with van der Waals surface area (Å²) >= 11 is 0. The molecule has 0 saturated carbocycles. The summed E-state index contributed by atoms with van der Waals surface area (Å²) in [5.74, 6) is 0. The van der Waals surface area contributed by atoms with E-state index in [1.807, 2.05) is 0 Å². The first-order valence-corrected chi connectivity index (χ1v) is 10.5. The molecule has 0 nitrogen and oxygen atoms in total. The Kier molecular flexibility index (Phi) is 7.40. The first-order chi connectivity index (χ1) is 14.5. The van der Waals surface area contributed by atoms with Crippen molar-refractivity contribution in [3.05, 3.63) is 131 Å². The molecule has 0 aliphatic rings. The summed E-state index contributed by atoms with van der Waals surface area (Å²) in [5, 5.41) is 5.25. The van der Waals surface area contributed by atoms with E-state index in [0.717, 1.165) is 0 Å². The van der Waals surface area contributed by atoms with Crippen LogP contribution in [0.5, 0.6) is 0 Å². The molecule has 0 aliphatic heterocycles. The van der Waals surface area contributed by atoms with E-state index < -0.39 is 0 Å². The van der Waals surface area contributed by atoms with Crippen LogP contribution in [-0.2, 0) is 0 Å². The van der Waals surface area contributed by atoms with Gasteiger partial charge in [0.2, 0.25) is 0 Å². The number of benzene rings is 5. The quantitative estimate of drug-likeness (QED) is 0.232. The molecule has 0 saturated heterocycles. The third-order valence-electron chi connectivity index (χ3n) is 5.05. The van der Waals surface area contributed by atoms with E-state index in [0.29, 0.717) is 0 Å². The van der Waals surface area contributed by atoms with Crippen LogP contribution >= 0.6 is 0 Å². The van der Waals surface area contributed by atoms with Gasteiger partial charge in [0, 0.05) is 0 Å². The Balaban J connectivity index is 0.000000138. The molecule has 0 radical (unpaired) electrons. The van der Waals surface area contributed by atoms with Crippen LogP contribution in [-0.4, -0.2) is 0 Å². The van der Waals surface area contributed by atoms with Crippen molar-refractivity contribution < 1.29 is 0 Å². The molecule has 0 amide bonds. The van der Waals surface area contributed by atoms with Gasteiger partial charge in [-0.2, -0.15) is 0 Å². The fourth-order valence-corrected chi connectivity index (χ4v) is 3.16. The molecule has 150 valence electrons. The van der Waals surface area contributed by atoms with Crippen LogP contribution in [0, 0.1) is 27.7 Å². The van der Waals surface area contributed by atoms with E-state index in [9.17, 15) is 0 Å². The third-order valence-corrected chi connectivity index (χ3v) is 5.05. The smallest absolute Gasteiger partial charge is 0.0178 e. The molecule has 0 aromatic heterocycles. The molecule has 5 rings (SSSR count). The highest BCUT2D eigenvalue weighted by atomic mass is 14.0. The molecule has 0 bridgehead atoms. The summed E-state index contributed by atoms with van der Waals surface area (Å²) in [6, 6.07) is 38.4. The third kappa shape index (κ3) is 6.32. The molecule has 5 aromatic carbocycles. The maximum Gasteiger partial charge on any atom is -0.0178 e. The molecule has 5 aromatic rings. The molecule has 0 atom stereocenters. The molecule has 0 unspecified atom stereocenters. The van der Waals surface area contributed by atoms with E-state index in [4.69, 9.17) is 0 Å². The molecule has 0 fully saturated rings. The van der Waals surface area contributed by atoms with Gasteiger partial charge in [-0.05, 0) is 61.4 Å². The first kappa shape index (κ1) is 21.3. The maximum absolute atomic E-state index is 2.24. The summed E-state index contributed by atoms with van der Waals surface area (Å²) < 4.78 is 0. The predicted octanol–water partition coefficient (Wildman–Crippen LogP) is 8.60. The van der Waals surface area contributed by atoms with Gasteiger partial charge in [-0.25, -0.2) is 0 Å². The zero-order valence-corrected chi connectivity index (χ0v) is 18.4. The minimum Gasteiger partial charge on any atom is -0.0616 e. The Bertz CT molecular complexity index is 1010. The van der Waals surface area contributed by atoms with Crippen LogP contribution in [0.1, 0.15) is 22.3 Å². The topological polar surface area (TPSA) is 0 Å². The highest BCUT2D eigenvalue weighted by molar-refractivity contribution is 5.98. The zero-order valence-electron chi connectivity index (χ0n) is 18.4. The van der Waals surface area contributed by atoms with Crippen molar-refractivity contribution in [1.82, 2.24) is 0 Å². The lowest BCUT2D eigenvalue weighted by Gasteiger charge is -2.00. The Hall–Kier alpha value is -3.38. The summed E-state index contributed by atoms with van der Waals surface area (Å²) in [5.41, 5.74) is 5.32. The molecular formula is C30H30. The molecule has 0 spiro atoms. The normalized spacial score (nSPS) is 10.0.